The van der Waals surface area contributed by atoms with Crippen LogP contribution in [0.5, 0.6) is 6.01 Å². The van der Waals surface area contributed by atoms with Gasteiger partial charge in [0.2, 0.25) is 5.91 Å². The molecular weight excluding hydrogens is 341 g/mol. The maximum absolute atomic E-state index is 12.9. The Bertz CT molecular complexity index is 734. The van der Waals surface area contributed by atoms with Gasteiger partial charge >= 0.3 is 6.01 Å². The predicted molar refractivity (Wildman–Crippen MR) is 94.2 cm³/mol. The van der Waals surface area contributed by atoms with Crippen molar-refractivity contribution in [1.29, 1.82) is 0 Å². The monoisotopic (exact) mass is 361 g/mol. The number of benzene rings is 1. The van der Waals surface area contributed by atoms with Gasteiger partial charge < -0.3 is 9.64 Å². The second-order valence-electron chi connectivity index (χ2n) is 6.04. The highest BCUT2D eigenvalue weighted by Crippen LogP contribution is 2.21. The Morgan fingerprint density at radius 2 is 1.96 bits per heavy atom. The summed E-state index contributed by atoms with van der Waals surface area (Å²) in [4.78, 5) is 23.6. The minimum atomic E-state index is -0.274. The Morgan fingerprint density at radius 3 is 2.64 bits per heavy atom. The van der Waals surface area contributed by atoms with Crippen molar-refractivity contribution in [3.63, 3.8) is 0 Å². The van der Waals surface area contributed by atoms with E-state index in [0.29, 0.717) is 24.9 Å². The SMILES string of the molecule is Cc1cc(C)nc(OC2CCN(C(=O)CSc3ccc(F)cc3)C2)n1. The zero-order valence-electron chi connectivity index (χ0n) is 14.2. The molecule has 1 unspecified atom stereocenters. The molecule has 1 saturated heterocycles. The van der Waals surface area contributed by atoms with Gasteiger partial charge in [0.15, 0.2) is 0 Å². The van der Waals surface area contributed by atoms with E-state index < -0.39 is 0 Å². The second kappa shape index (κ2) is 7.82. The number of halogens is 1. The fraction of sp³-hybridized carbons (Fsp3) is 0.389. The maximum Gasteiger partial charge on any atom is 0.317 e. The number of hydrogen-bond acceptors (Lipinski definition) is 5. The molecule has 1 fully saturated rings. The van der Waals surface area contributed by atoms with Gasteiger partial charge in [0.25, 0.3) is 0 Å². The van der Waals surface area contributed by atoms with Gasteiger partial charge in [-0.05, 0) is 44.2 Å². The molecule has 7 heteroatoms. The number of nitrogens with zero attached hydrogens (tertiary/aromatic N) is 3. The van der Waals surface area contributed by atoms with E-state index in [1.165, 1.54) is 23.9 Å². The molecule has 0 saturated carbocycles. The zero-order valence-corrected chi connectivity index (χ0v) is 15.1. The van der Waals surface area contributed by atoms with Crippen molar-refractivity contribution in [2.45, 2.75) is 31.3 Å². The molecule has 1 amide bonds. The van der Waals surface area contributed by atoms with Crippen molar-refractivity contribution in [2.75, 3.05) is 18.8 Å². The van der Waals surface area contributed by atoms with Crippen LogP contribution in [-0.4, -0.2) is 45.7 Å². The number of likely N-dealkylation sites (tertiary alicyclic amines) is 1. The molecule has 25 heavy (non-hydrogen) atoms. The van der Waals surface area contributed by atoms with E-state index in [1.54, 1.807) is 17.0 Å². The van der Waals surface area contributed by atoms with Gasteiger partial charge in [0, 0.05) is 29.2 Å². The van der Waals surface area contributed by atoms with Crippen LogP contribution in [-0.2, 0) is 4.79 Å². The number of amides is 1. The number of carbonyl (C=O) groups is 1. The minimum Gasteiger partial charge on any atom is -0.458 e. The molecule has 3 rings (SSSR count). The van der Waals surface area contributed by atoms with Crippen molar-refractivity contribution >= 4 is 17.7 Å². The van der Waals surface area contributed by atoms with E-state index >= 15 is 0 Å². The average molecular weight is 361 g/mol. The molecule has 2 heterocycles. The quantitative estimate of drug-likeness (QED) is 0.767. The smallest absolute Gasteiger partial charge is 0.317 e. The highest BCUT2D eigenvalue weighted by atomic mass is 32.2. The van der Waals surface area contributed by atoms with E-state index in [0.717, 1.165) is 22.7 Å². The van der Waals surface area contributed by atoms with E-state index in [1.807, 2.05) is 19.9 Å². The van der Waals surface area contributed by atoms with Crippen LogP contribution in [0.3, 0.4) is 0 Å². The maximum atomic E-state index is 12.9. The van der Waals surface area contributed by atoms with Gasteiger partial charge in [0.05, 0.1) is 12.3 Å². The van der Waals surface area contributed by atoms with Gasteiger partial charge in [-0.1, -0.05) is 0 Å². The zero-order chi connectivity index (χ0) is 17.8. The van der Waals surface area contributed by atoms with Gasteiger partial charge in [-0.2, -0.15) is 0 Å². The number of ether oxygens (including phenoxy) is 1. The number of aromatic nitrogens is 2. The summed E-state index contributed by atoms with van der Waals surface area (Å²) in [5.41, 5.74) is 1.73. The number of hydrogen-bond donors (Lipinski definition) is 0. The fourth-order valence-corrected chi connectivity index (χ4v) is 3.51. The Balaban J connectivity index is 1.49. The lowest BCUT2D eigenvalue weighted by Gasteiger charge is -2.16. The molecule has 1 aromatic heterocycles. The second-order valence-corrected chi connectivity index (χ2v) is 7.09. The first-order valence-electron chi connectivity index (χ1n) is 8.14. The molecule has 2 aromatic rings. The van der Waals surface area contributed by atoms with Crippen LogP contribution >= 0.6 is 11.8 Å². The number of thioether (sulfide) groups is 1. The highest BCUT2D eigenvalue weighted by molar-refractivity contribution is 8.00. The molecule has 0 spiro atoms. The first-order valence-corrected chi connectivity index (χ1v) is 9.13. The van der Waals surface area contributed by atoms with Gasteiger partial charge in [-0.3, -0.25) is 4.79 Å². The third-order valence-corrected chi connectivity index (χ3v) is 4.90. The summed E-state index contributed by atoms with van der Waals surface area (Å²) in [6.45, 7) is 5.01. The summed E-state index contributed by atoms with van der Waals surface area (Å²) in [6.07, 6.45) is 0.685. The Labute approximate surface area is 150 Å². The third-order valence-electron chi connectivity index (χ3n) is 3.91. The number of aryl methyl sites for hydroxylation is 2. The lowest BCUT2D eigenvalue weighted by atomic mass is 10.3. The average Bonchev–Trinajstić information content (AvgIpc) is 3.01. The van der Waals surface area contributed by atoms with Crippen LogP contribution in [0, 0.1) is 19.7 Å². The molecule has 5 nitrogen and oxygen atoms in total. The van der Waals surface area contributed by atoms with Crippen LogP contribution in [0.2, 0.25) is 0 Å². The third kappa shape index (κ3) is 4.92. The van der Waals surface area contributed by atoms with Crippen molar-refractivity contribution in [3.8, 4) is 6.01 Å². The summed E-state index contributed by atoms with van der Waals surface area (Å²) in [6, 6.07) is 8.43. The molecule has 1 aliphatic rings. The van der Waals surface area contributed by atoms with Crippen molar-refractivity contribution in [3.05, 3.63) is 47.5 Å². The fourth-order valence-electron chi connectivity index (χ4n) is 2.71. The van der Waals surface area contributed by atoms with Crippen LogP contribution < -0.4 is 4.74 Å². The first-order chi connectivity index (χ1) is 12.0. The van der Waals surface area contributed by atoms with Crippen molar-refractivity contribution < 1.29 is 13.9 Å². The minimum absolute atomic E-state index is 0.0572. The summed E-state index contributed by atoms with van der Waals surface area (Å²) < 4.78 is 18.7. The summed E-state index contributed by atoms with van der Waals surface area (Å²) in [5, 5.41) is 0. The number of carbonyl (C=O) groups excluding carboxylic acids is 1. The Kier molecular flexibility index (Phi) is 5.53. The van der Waals surface area contributed by atoms with Gasteiger partial charge in [-0.15, -0.1) is 11.8 Å². The Morgan fingerprint density at radius 1 is 1.28 bits per heavy atom. The first kappa shape index (κ1) is 17.7. The molecule has 0 bridgehead atoms. The molecule has 0 N–H and O–H groups in total. The lowest BCUT2D eigenvalue weighted by Crippen LogP contribution is -2.32. The van der Waals surface area contributed by atoms with E-state index in [4.69, 9.17) is 4.74 Å². The van der Waals surface area contributed by atoms with E-state index in [9.17, 15) is 9.18 Å². The molecule has 132 valence electrons. The van der Waals surface area contributed by atoms with E-state index in [-0.39, 0.29) is 17.8 Å². The molecule has 0 aliphatic carbocycles. The lowest BCUT2D eigenvalue weighted by molar-refractivity contribution is -0.127. The molecule has 0 radical (unpaired) electrons. The van der Waals surface area contributed by atoms with Crippen LogP contribution in [0.15, 0.2) is 35.2 Å². The molecule has 1 aliphatic heterocycles. The van der Waals surface area contributed by atoms with E-state index in [2.05, 4.69) is 9.97 Å². The summed E-state index contributed by atoms with van der Waals surface area (Å²) in [7, 11) is 0. The molecule has 1 atom stereocenters. The highest BCUT2D eigenvalue weighted by Gasteiger charge is 2.28. The molecular formula is C18H20FN3O2S. The normalized spacial score (nSPS) is 16.9. The van der Waals surface area contributed by atoms with Crippen LogP contribution in [0.1, 0.15) is 17.8 Å². The summed E-state index contributed by atoms with van der Waals surface area (Å²) in [5.74, 6) is 0.115. The van der Waals surface area contributed by atoms with Crippen molar-refractivity contribution in [2.24, 2.45) is 0 Å². The van der Waals surface area contributed by atoms with Gasteiger partial charge in [0.1, 0.15) is 11.9 Å². The largest absolute Gasteiger partial charge is 0.458 e. The number of rotatable bonds is 5. The Hall–Kier alpha value is -2.15. The topological polar surface area (TPSA) is 55.3 Å². The standard InChI is InChI=1S/C18H20FN3O2S/c1-12-9-13(2)21-18(20-12)24-15-7-8-22(10-15)17(23)11-25-16-5-3-14(19)4-6-16/h3-6,9,15H,7-8,10-11H2,1-2H3. The van der Waals surface area contributed by atoms with Crippen LogP contribution in [0.25, 0.3) is 0 Å². The van der Waals surface area contributed by atoms with Gasteiger partial charge in [-0.25, -0.2) is 14.4 Å². The summed E-state index contributed by atoms with van der Waals surface area (Å²) >= 11 is 1.41. The predicted octanol–water partition coefficient (Wildman–Crippen LogP) is 3.00. The van der Waals surface area contributed by atoms with Crippen LogP contribution in [0.4, 0.5) is 4.39 Å². The van der Waals surface area contributed by atoms with Crippen molar-refractivity contribution in [1.82, 2.24) is 14.9 Å². The molecule has 1 aromatic carbocycles.